The number of nitrogens with one attached hydrogen (secondary N) is 2. The molecule has 7 nitrogen and oxygen atoms in total. The number of aliphatic imine (C=N–C) groups is 1. The van der Waals surface area contributed by atoms with Crippen LogP contribution in [0.3, 0.4) is 0 Å². The molecular formula is C33H34F2N6O. The molecule has 2 unspecified atom stereocenters. The first-order valence-electron chi connectivity index (χ1n) is 13.8. The number of hydrogen-bond donors (Lipinski definition) is 2. The Morgan fingerprint density at radius 2 is 1.90 bits per heavy atom. The van der Waals surface area contributed by atoms with Gasteiger partial charge in [-0.25, -0.2) is 13.8 Å². The van der Waals surface area contributed by atoms with Gasteiger partial charge in [0.2, 0.25) is 5.91 Å². The Bertz CT molecular complexity index is 1790. The zero-order chi connectivity index (χ0) is 30.0. The highest BCUT2D eigenvalue weighted by atomic mass is 19.2. The Morgan fingerprint density at radius 1 is 1.10 bits per heavy atom. The molecule has 1 aliphatic heterocycles. The number of pyridine rings is 1. The molecule has 0 aliphatic carbocycles. The maximum absolute atomic E-state index is 13.7. The summed E-state index contributed by atoms with van der Waals surface area (Å²) in [6.45, 7) is 8.20. The molecule has 216 valence electrons. The van der Waals surface area contributed by atoms with E-state index in [0.717, 1.165) is 50.8 Å². The molecular weight excluding hydrogens is 534 g/mol. The van der Waals surface area contributed by atoms with Crippen LogP contribution >= 0.6 is 0 Å². The van der Waals surface area contributed by atoms with E-state index in [1.807, 2.05) is 31.5 Å². The van der Waals surface area contributed by atoms with Crippen molar-refractivity contribution in [1.82, 2.24) is 25.2 Å². The van der Waals surface area contributed by atoms with Gasteiger partial charge >= 0.3 is 0 Å². The van der Waals surface area contributed by atoms with E-state index in [1.54, 1.807) is 37.8 Å². The Hall–Kier alpha value is -4.50. The molecule has 9 heteroatoms. The van der Waals surface area contributed by atoms with E-state index in [9.17, 15) is 13.6 Å². The SMILES string of the molecule is C/C(=C\C=C(/C)c1ccc2ncc3ncn(C)c3c2c1)CNC1(C)N=CC=CC1C(=O)N[C@@H](C)c1ccc(F)c(F)c1. The van der Waals surface area contributed by atoms with E-state index < -0.39 is 29.3 Å². The zero-order valence-electron chi connectivity index (χ0n) is 24.3. The van der Waals surface area contributed by atoms with Gasteiger partial charge in [0.1, 0.15) is 11.2 Å². The zero-order valence-corrected chi connectivity index (χ0v) is 24.3. The molecule has 0 radical (unpaired) electrons. The molecule has 0 fully saturated rings. The Morgan fingerprint density at radius 3 is 2.69 bits per heavy atom. The lowest BCUT2D eigenvalue weighted by molar-refractivity contribution is -0.126. The standard InChI is InChI=1S/C33H34F2N6O/c1-20(8-9-21(2)23-11-13-29-25(15-23)31-30(18-36-29)37-19-41(31)5)17-39-33(4)26(7-6-14-38-33)32(42)40-22(3)24-10-12-27(34)28(35)16-24/h6-16,18-19,22,26,39H,17H2,1-5H3,(H,40,42)/b20-8+,21-9+/t22-,26?,33?/m0/s1. The predicted molar refractivity (Wildman–Crippen MR) is 164 cm³/mol. The van der Waals surface area contributed by atoms with Crippen molar-refractivity contribution < 1.29 is 13.6 Å². The topological polar surface area (TPSA) is 84.2 Å². The van der Waals surface area contributed by atoms with Crippen LogP contribution < -0.4 is 10.6 Å². The van der Waals surface area contributed by atoms with Crippen molar-refractivity contribution in [3.8, 4) is 0 Å². The minimum atomic E-state index is -0.947. The van der Waals surface area contributed by atoms with E-state index in [4.69, 9.17) is 0 Å². The molecule has 5 rings (SSSR count). The number of nitrogens with zero attached hydrogens (tertiary/aromatic N) is 4. The number of allylic oxidation sites excluding steroid dienone is 4. The molecule has 4 aromatic rings. The summed E-state index contributed by atoms with van der Waals surface area (Å²) in [5, 5.41) is 7.40. The molecule has 2 N–H and O–H groups in total. The third-order valence-corrected chi connectivity index (χ3v) is 7.76. The average molecular weight is 569 g/mol. The fraction of sp³-hybridized carbons (Fsp3) is 0.273. The van der Waals surface area contributed by atoms with Gasteiger partial charge in [-0.15, -0.1) is 0 Å². The second kappa shape index (κ2) is 11.8. The van der Waals surface area contributed by atoms with Crippen LogP contribution in [0.15, 0.2) is 83.8 Å². The number of halogens is 2. The summed E-state index contributed by atoms with van der Waals surface area (Å²) < 4.78 is 29.1. The molecule has 0 spiro atoms. The van der Waals surface area contributed by atoms with Crippen LogP contribution in [0.25, 0.3) is 27.5 Å². The van der Waals surface area contributed by atoms with Gasteiger partial charge < -0.3 is 9.88 Å². The molecule has 0 saturated heterocycles. The minimum Gasteiger partial charge on any atom is -0.349 e. The van der Waals surface area contributed by atoms with Crippen LogP contribution in [0.5, 0.6) is 0 Å². The Kier molecular flexibility index (Phi) is 8.13. The molecule has 1 aliphatic rings. The molecule has 1 amide bonds. The summed E-state index contributed by atoms with van der Waals surface area (Å²) in [7, 11) is 1.98. The number of aromatic nitrogens is 3. The molecule has 3 atom stereocenters. The first-order valence-corrected chi connectivity index (χ1v) is 13.8. The van der Waals surface area contributed by atoms with Gasteiger partial charge in [-0.05, 0) is 74.7 Å². The minimum absolute atomic E-state index is 0.263. The van der Waals surface area contributed by atoms with Crippen LogP contribution in [-0.4, -0.2) is 38.9 Å². The van der Waals surface area contributed by atoms with Gasteiger partial charge in [-0.3, -0.25) is 20.1 Å². The fourth-order valence-corrected chi connectivity index (χ4v) is 5.12. The lowest BCUT2D eigenvalue weighted by Crippen LogP contribution is -2.53. The van der Waals surface area contributed by atoms with Crippen molar-refractivity contribution in [3.63, 3.8) is 0 Å². The third-order valence-electron chi connectivity index (χ3n) is 7.76. The van der Waals surface area contributed by atoms with Crippen molar-refractivity contribution in [3.05, 3.63) is 102 Å². The number of dihydropyridines is 1. The van der Waals surface area contributed by atoms with Crippen LogP contribution in [0.4, 0.5) is 8.78 Å². The molecule has 2 aromatic heterocycles. The quantitative estimate of drug-likeness (QED) is 0.248. The van der Waals surface area contributed by atoms with E-state index in [1.165, 1.54) is 6.07 Å². The Balaban J connectivity index is 1.27. The van der Waals surface area contributed by atoms with Gasteiger partial charge in [-0.2, -0.15) is 0 Å². The number of carbonyl (C=O) groups excluding carboxylic acids is 1. The molecule has 42 heavy (non-hydrogen) atoms. The summed E-state index contributed by atoms with van der Waals surface area (Å²) in [4.78, 5) is 26.8. The third kappa shape index (κ3) is 5.92. The highest BCUT2D eigenvalue weighted by Crippen LogP contribution is 2.27. The summed E-state index contributed by atoms with van der Waals surface area (Å²) in [5.74, 6) is -2.73. The van der Waals surface area contributed by atoms with Gasteiger partial charge in [0, 0.05) is 25.2 Å². The summed E-state index contributed by atoms with van der Waals surface area (Å²) in [6, 6.07) is 9.36. The number of aryl methyl sites for hydroxylation is 1. The van der Waals surface area contributed by atoms with Gasteiger partial charge in [-0.1, -0.05) is 35.9 Å². The number of amides is 1. The van der Waals surface area contributed by atoms with Crippen molar-refractivity contribution in [2.75, 3.05) is 6.54 Å². The van der Waals surface area contributed by atoms with Gasteiger partial charge in [0.15, 0.2) is 11.6 Å². The van der Waals surface area contributed by atoms with Crippen molar-refractivity contribution in [2.45, 2.75) is 39.4 Å². The molecule has 0 saturated carbocycles. The van der Waals surface area contributed by atoms with Crippen molar-refractivity contribution in [1.29, 1.82) is 0 Å². The fourth-order valence-electron chi connectivity index (χ4n) is 5.12. The smallest absolute Gasteiger partial charge is 0.231 e. The Labute approximate surface area is 243 Å². The van der Waals surface area contributed by atoms with E-state index in [0.29, 0.717) is 12.1 Å². The number of benzene rings is 2. The van der Waals surface area contributed by atoms with Crippen LogP contribution in [0, 0.1) is 17.6 Å². The second-order valence-corrected chi connectivity index (χ2v) is 11.0. The molecule has 3 heterocycles. The second-order valence-electron chi connectivity index (χ2n) is 11.0. The molecule has 0 bridgehead atoms. The monoisotopic (exact) mass is 568 g/mol. The van der Waals surface area contributed by atoms with E-state index >= 15 is 0 Å². The first kappa shape index (κ1) is 29.0. The van der Waals surface area contributed by atoms with E-state index in [2.05, 4.69) is 56.8 Å². The van der Waals surface area contributed by atoms with Crippen LogP contribution in [-0.2, 0) is 11.8 Å². The highest BCUT2D eigenvalue weighted by Gasteiger charge is 2.38. The number of hydrogen-bond acceptors (Lipinski definition) is 5. The normalized spacial score (nSPS) is 19.9. The van der Waals surface area contributed by atoms with Crippen LogP contribution in [0.1, 0.15) is 44.9 Å². The summed E-state index contributed by atoms with van der Waals surface area (Å²) >= 11 is 0. The summed E-state index contributed by atoms with van der Waals surface area (Å²) in [5.41, 5.74) is 5.69. The summed E-state index contributed by atoms with van der Waals surface area (Å²) in [6.07, 6.45) is 12.9. The van der Waals surface area contributed by atoms with Crippen molar-refractivity contribution in [2.24, 2.45) is 18.0 Å². The van der Waals surface area contributed by atoms with Gasteiger partial charge in [0.25, 0.3) is 0 Å². The van der Waals surface area contributed by atoms with E-state index in [-0.39, 0.29) is 5.91 Å². The predicted octanol–water partition coefficient (Wildman–Crippen LogP) is 6.19. The first-order chi connectivity index (χ1) is 20.1. The van der Waals surface area contributed by atoms with Crippen LogP contribution in [0.2, 0.25) is 0 Å². The highest BCUT2D eigenvalue weighted by molar-refractivity contribution is 6.03. The van der Waals surface area contributed by atoms with Gasteiger partial charge in [0.05, 0.1) is 35.5 Å². The maximum atomic E-state index is 13.7. The lowest BCUT2D eigenvalue weighted by atomic mass is 9.90. The largest absolute Gasteiger partial charge is 0.349 e. The number of fused-ring (bicyclic) bond motifs is 3. The number of carbonyl (C=O) groups is 1. The average Bonchev–Trinajstić information content (AvgIpc) is 3.37. The lowest BCUT2D eigenvalue weighted by Gasteiger charge is -2.35. The molecule has 2 aromatic carbocycles. The number of rotatable bonds is 8. The maximum Gasteiger partial charge on any atom is 0.231 e. The van der Waals surface area contributed by atoms with Crippen molar-refractivity contribution >= 4 is 39.6 Å². The number of imidazole rings is 1.